The molecule has 1 aromatic carbocycles. The van der Waals surface area contributed by atoms with Crippen LogP contribution in [0.2, 0.25) is 0 Å². The standard InChI is InChI=1S/C9H11N3.ClH/c1-12(2)8-4-3-7-6-10-11-9(7)5-8;/h3-6H,1-2H3,(H,10,11);1H. The highest BCUT2D eigenvalue weighted by atomic mass is 35.5. The Morgan fingerprint density at radius 3 is 2.77 bits per heavy atom. The minimum Gasteiger partial charge on any atom is -0.378 e. The molecule has 0 fully saturated rings. The maximum Gasteiger partial charge on any atom is 0.0670 e. The smallest absolute Gasteiger partial charge is 0.0670 e. The van der Waals surface area contributed by atoms with Gasteiger partial charge in [0.25, 0.3) is 0 Å². The van der Waals surface area contributed by atoms with E-state index in [1.54, 1.807) is 0 Å². The zero-order valence-corrected chi connectivity index (χ0v) is 8.43. The van der Waals surface area contributed by atoms with Gasteiger partial charge in [0.2, 0.25) is 0 Å². The zero-order valence-electron chi connectivity index (χ0n) is 7.61. The second-order valence-electron chi connectivity index (χ2n) is 3.04. The van der Waals surface area contributed by atoms with Crippen molar-refractivity contribution in [1.82, 2.24) is 10.2 Å². The van der Waals surface area contributed by atoms with E-state index in [-0.39, 0.29) is 12.4 Å². The summed E-state index contributed by atoms with van der Waals surface area (Å²) in [6.07, 6.45) is 1.83. The first-order valence-corrected chi connectivity index (χ1v) is 3.88. The number of H-pyrrole nitrogens is 1. The predicted octanol–water partition coefficient (Wildman–Crippen LogP) is 2.05. The molecular weight excluding hydrogens is 186 g/mol. The van der Waals surface area contributed by atoms with Crippen molar-refractivity contribution in [3.05, 3.63) is 24.4 Å². The van der Waals surface area contributed by atoms with Crippen LogP contribution >= 0.6 is 12.4 Å². The fourth-order valence-corrected chi connectivity index (χ4v) is 1.20. The van der Waals surface area contributed by atoms with E-state index >= 15 is 0 Å². The molecule has 0 unspecified atom stereocenters. The van der Waals surface area contributed by atoms with Gasteiger partial charge in [-0.15, -0.1) is 12.4 Å². The highest BCUT2D eigenvalue weighted by molar-refractivity contribution is 5.85. The van der Waals surface area contributed by atoms with Crippen LogP contribution in [0.1, 0.15) is 0 Å². The van der Waals surface area contributed by atoms with Gasteiger partial charge in [0.1, 0.15) is 0 Å². The summed E-state index contributed by atoms with van der Waals surface area (Å²) >= 11 is 0. The number of anilines is 1. The lowest BCUT2D eigenvalue weighted by Crippen LogP contribution is -2.07. The Kier molecular flexibility index (Phi) is 2.78. The van der Waals surface area contributed by atoms with Gasteiger partial charge in [0.05, 0.1) is 11.7 Å². The average Bonchev–Trinajstić information content (AvgIpc) is 2.49. The van der Waals surface area contributed by atoms with E-state index in [1.807, 2.05) is 20.3 Å². The van der Waals surface area contributed by atoms with Crippen molar-refractivity contribution in [2.45, 2.75) is 0 Å². The minimum atomic E-state index is 0. The van der Waals surface area contributed by atoms with Crippen molar-refractivity contribution in [1.29, 1.82) is 0 Å². The number of fused-ring (bicyclic) bond motifs is 1. The summed E-state index contributed by atoms with van der Waals surface area (Å²) in [4.78, 5) is 2.07. The molecule has 0 saturated carbocycles. The van der Waals surface area contributed by atoms with Crippen molar-refractivity contribution in [2.75, 3.05) is 19.0 Å². The predicted molar refractivity (Wildman–Crippen MR) is 57.7 cm³/mol. The molecule has 0 spiro atoms. The van der Waals surface area contributed by atoms with Crippen LogP contribution in [0, 0.1) is 0 Å². The largest absolute Gasteiger partial charge is 0.378 e. The maximum absolute atomic E-state index is 3.96. The lowest BCUT2D eigenvalue weighted by Gasteiger charge is -2.11. The second-order valence-corrected chi connectivity index (χ2v) is 3.04. The van der Waals surface area contributed by atoms with Crippen LogP contribution in [0.3, 0.4) is 0 Å². The molecule has 4 heteroatoms. The van der Waals surface area contributed by atoms with Crippen LogP contribution < -0.4 is 4.90 Å². The summed E-state index contributed by atoms with van der Waals surface area (Å²) in [6.45, 7) is 0. The van der Waals surface area contributed by atoms with Crippen LogP contribution in [0.15, 0.2) is 24.4 Å². The first kappa shape index (κ1) is 9.86. The monoisotopic (exact) mass is 197 g/mol. The van der Waals surface area contributed by atoms with Gasteiger partial charge in [-0.1, -0.05) is 0 Å². The van der Waals surface area contributed by atoms with Crippen molar-refractivity contribution in [2.24, 2.45) is 0 Å². The highest BCUT2D eigenvalue weighted by Crippen LogP contribution is 2.17. The van der Waals surface area contributed by atoms with Gasteiger partial charge in [0, 0.05) is 25.2 Å². The molecule has 70 valence electrons. The molecule has 0 aliphatic rings. The zero-order chi connectivity index (χ0) is 8.55. The number of aromatic amines is 1. The molecular formula is C9H12ClN3. The molecule has 1 heterocycles. The van der Waals surface area contributed by atoms with Gasteiger partial charge in [-0.05, 0) is 18.2 Å². The van der Waals surface area contributed by atoms with Crippen molar-refractivity contribution in [3.8, 4) is 0 Å². The summed E-state index contributed by atoms with van der Waals surface area (Å²) in [5, 5.41) is 8.05. The number of nitrogens with one attached hydrogen (secondary N) is 1. The van der Waals surface area contributed by atoms with E-state index in [4.69, 9.17) is 0 Å². The number of aromatic nitrogens is 2. The van der Waals surface area contributed by atoms with Gasteiger partial charge in [-0.25, -0.2) is 0 Å². The van der Waals surface area contributed by atoms with E-state index in [0.717, 1.165) is 10.9 Å². The number of hydrogen-bond acceptors (Lipinski definition) is 2. The molecule has 3 nitrogen and oxygen atoms in total. The highest BCUT2D eigenvalue weighted by Gasteiger charge is 1.98. The average molecular weight is 198 g/mol. The summed E-state index contributed by atoms with van der Waals surface area (Å²) in [6, 6.07) is 6.23. The van der Waals surface area contributed by atoms with Crippen molar-refractivity contribution < 1.29 is 0 Å². The van der Waals surface area contributed by atoms with Gasteiger partial charge in [0.15, 0.2) is 0 Å². The van der Waals surface area contributed by atoms with Crippen LogP contribution in [-0.2, 0) is 0 Å². The molecule has 13 heavy (non-hydrogen) atoms. The quantitative estimate of drug-likeness (QED) is 0.759. The number of rotatable bonds is 1. The fourth-order valence-electron chi connectivity index (χ4n) is 1.20. The molecule has 1 aromatic heterocycles. The first-order chi connectivity index (χ1) is 5.77. The number of hydrogen-bond donors (Lipinski definition) is 1. The third-order valence-corrected chi connectivity index (χ3v) is 1.94. The normalized spacial score (nSPS) is 9.69. The second kappa shape index (κ2) is 3.66. The Balaban J connectivity index is 0.000000845. The molecule has 2 rings (SSSR count). The van der Waals surface area contributed by atoms with Crippen LogP contribution in [-0.4, -0.2) is 24.3 Å². The van der Waals surface area contributed by atoms with E-state index in [2.05, 4.69) is 33.3 Å². The minimum absolute atomic E-state index is 0. The first-order valence-electron chi connectivity index (χ1n) is 3.88. The molecule has 0 aliphatic heterocycles. The Morgan fingerprint density at radius 1 is 1.31 bits per heavy atom. The van der Waals surface area contributed by atoms with E-state index < -0.39 is 0 Å². The van der Waals surface area contributed by atoms with Crippen LogP contribution in [0.4, 0.5) is 5.69 Å². The third-order valence-electron chi connectivity index (χ3n) is 1.94. The molecule has 2 aromatic rings. The van der Waals surface area contributed by atoms with Gasteiger partial charge in [-0.2, -0.15) is 5.10 Å². The molecule has 0 amide bonds. The Labute approximate surface area is 83.2 Å². The molecule has 0 atom stereocenters. The van der Waals surface area contributed by atoms with E-state index in [9.17, 15) is 0 Å². The van der Waals surface area contributed by atoms with Crippen molar-refractivity contribution >= 4 is 29.0 Å². The Bertz CT molecular complexity index is 394. The lowest BCUT2D eigenvalue weighted by molar-refractivity contribution is 1.11. The topological polar surface area (TPSA) is 31.9 Å². The number of halogens is 1. The molecule has 0 aliphatic carbocycles. The maximum atomic E-state index is 3.96. The molecule has 0 saturated heterocycles. The van der Waals surface area contributed by atoms with Crippen LogP contribution in [0.25, 0.3) is 10.9 Å². The molecule has 0 radical (unpaired) electrons. The molecule has 1 N–H and O–H groups in total. The molecule has 0 bridgehead atoms. The number of nitrogens with zero attached hydrogens (tertiary/aromatic N) is 2. The summed E-state index contributed by atoms with van der Waals surface area (Å²) in [5.41, 5.74) is 2.27. The number of benzene rings is 1. The van der Waals surface area contributed by atoms with Gasteiger partial charge in [-0.3, -0.25) is 5.10 Å². The SMILES string of the molecule is CN(C)c1ccc2cn[nH]c2c1.Cl. The van der Waals surface area contributed by atoms with E-state index in [0.29, 0.717) is 0 Å². The van der Waals surface area contributed by atoms with E-state index in [1.165, 1.54) is 5.69 Å². The van der Waals surface area contributed by atoms with Gasteiger partial charge >= 0.3 is 0 Å². The van der Waals surface area contributed by atoms with Crippen LogP contribution in [0.5, 0.6) is 0 Å². The Hall–Kier alpha value is -1.22. The van der Waals surface area contributed by atoms with Gasteiger partial charge < -0.3 is 4.90 Å². The summed E-state index contributed by atoms with van der Waals surface area (Å²) in [5.74, 6) is 0. The fraction of sp³-hybridized carbons (Fsp3) is 0.222. The third kappa shape index (κ3) is 1.75. The summed E-state index contributed by atoms with van der Waals surface area (Å²) < 4.78 is 0. The Morgan fingerprint density at radius 2 is 2.08 bits per heavy atom. The lowest BCUT2D eigenvalue weighted by atomic mass is 10.2. The van der Waals surface area contributed by atoms with Crippen molar-refractivity contribution in [3.63, 3.8) is 0 Å². The summed E-state index contributed by atoms with van der Waals surface area (Å²) in [7, 11) is 4.05.